The third-order valence-corrected chi connectivity index (χ3v) is 3.57. The molecule has 3 nitrogen and oxygen atoms in total. The lowest BCUT2D eigenvalue weighted by Crippen LogP contribution is -2.33. The Balaban J connectivity index is 2.60. The lowest BCUT2D eigenvalue weighted by molar-refractivity contribution is 0.0950. The summed E-state index contributed by atoms with van der Waals surface area (Å²) in [5.41, 5.74) is 1.35. The summed E-state index contributed by atoms with van der Waals surface area (Å²) in [4.78, 5) is 26.8. The number of hydrogen-bond donors (Lipinski definition) is 1. The van der Waals surface area contributed by atoms with Gasteiger partial charge in [0.2, 0.25) is 11.6 Å². The first kappa shape index (κ1) is 12.9. The summed E-state index contributed by atoms with van der Waals surface area (Å²) < 4.78 is 0. The molecule has 4 heteroatoms. The Kier molecular flexibility index (Phi) is 3.57. The van der Waals surface area contributed by atoms with E-state index in [9.17, 15) is 9.59 Å². The number of nitrogens with zero attached hydrogens (tertiary/aromatic N) is 1. The molecule has 94 valence electrons. The van der Waals surface area contributed by atoms with E-state index in [2.05, 4.69) is 12.6 Å². The molecule has 0 aromatic heterocycles. The van der Waals surface area contributed by atoms with Crippen LogP contribution in [0.3, 0.4) is 0 Å². The van der Waals surface area contributed by atoms with Crippen LogP contribution in [0.4, 0.5) is 0 Å². The van der Waals surface area contributed by atoms with Crippen molar-refractivity contribution in [1.29, 1.82) is 0 Å². The van der Waals surface area contributed by atoms with Gasteiger partial charge in [0.25, 0.3) is 0 Å². The van der Waals surface area contributed by atoms with Crippen molar-refractivity contribution in [2.75, 3.05) is 13.1 Å². The molecule has 0 spiro atoms. The number of Topliss-reactive ketones (excluding diaryl/α,β-unsaturated/α-hetero) is 2. The first-order chi connectivity index (χ1) is 8.61. The van der Waals surface area contributed by atoms with Gasteiger partial charge in [-0.25, -0.2) is 0 Å². The zero-order valence-electron chi connectivity index (χ0n) is 10.4. The summed E-state index contributed by atoms with van der Waals surface area (Å²) in [6.07, 6.45) is 0. The van der Waals surface area contributed by atoms with Gasteiger partial charge in [-0.2, -0.15) is 0 Å². The van der Waals surface area contributed by atoms with E-state index in [0.29, 0.717) is 29.9 Å². The third kappa shape index (κ3) is 1.86. The van der Waals surface area contributed by atoms with Crippen molar-refractivity contribution < 1.29 is 9.59 Å². The third-order valence-electron chi connectivity index (χ3n) is 3.15. The minimum absolute atomic E-state index is 0.112. The van der Waals surface area contributed by atoms with Gasteiger partial charge in [-0.1, -0.05) is 24.3 Å². The SMILES string of the molecule is CCN(CC)C1=C(S)C(=O)c2ccccc2C1=O. The first-order valence-electron chi connectivity index (χ1n) is 5.98. The molecule has 1 aliphatic rings. The van der Waals surface area contributed by atoms with Gasteiger partial charge in [0.1, 0.15) is 5.70 Å². The van der Waals surface area contributed by atoms with Crippen molar-refractivity contribution in [3.05, 3.63) is 46.0 Å². The van der Waals surface area contributed by atoms with Crippen molar-refractivity contribution in [1.82, 2.24) is 4.90 Å². The monoisotopic (exact) mass is 261 g/mol. The lowest BCUT2D eigenvalue weighted by Gasteiger charge is -2.28. The van der Waals surface area contributed by atoms with Crippen molar-refractivity contribution in [3.8, 4) is 0 Å². The van der Waals surface area contributed by atoms with Gasteiger partial charge in [0, 0.05) is 24.2 Å². The van der Waals surface area contributed by atoms with Gasteiger partial charge >= 0.3 is 0 Å². The van der Waals surface area contributed by atoms with Crippen LogP contribution in [0.1, 0.15) is 34.6 Å². The molecule has 0 bridgehead atoms. The van der Waals surface area contributed by atoms with Crippen LogP contribution >= 0.6 is 12.6 Å². The Morgan fingerprint density at radius 1 is 1.00 bits per heavy atom. The van der Waals surface area contributed by atoms with E-state index in [-0.39, 0.29) is 16.5 Å². The summed E-state index contributed by atoms with van der Waals surface area (Å²) in [6.45, 7) is 5.26. The summed E-state index contributed by atoms with van der Waals surface area (Å²) >= 11 is 4.25. The van der Waals surface area contributed by atoms with Gasteiger partial charge in [-0.15, -0.1) is 12.6 Å². The normalized spacial score (nSPS) is 14.8. The fourth-order valence-corrected chi connectivity index (χ4v) is 2.55. The summed E-state index contributed by atoms with van der Waals surface area (Å²) in [6, 6.07) is 6.89. The number of carbonyl (C=O) groups excluding carboxylic acids is 2. The van der Waals surface area contributed by atoms with Gasteiger partial charge in [0.05, 0.1) is 4.91 Å². The summed E-state index contributed by atoms with van der Waals surface area (Å²) in [5, 5.41) is 0. The largest absolute Gasteiger partial charge is 0.368 e. The van der Waals surface area contributed by atoms with Crippen LogP contribution in [0.25, 0.3) is 0 Å². The van der Waals surface area contributed by atoms with E-state index < -0.39 is 0 Å². The van der Waals surface area contributed by atoms with Gasteiger partial charge < -0.3 is 4.90 Å². The van der Waals surface area contributed by atoms with Gasteiger partial charge in [-0.3, -0.25) is 9.59 Å². The van der Waals surface area contributed by atoms with Gasteiger partial charge in [0.15, 0.2) is 0 Å². The zero-order valence-corrected chi connectivity index (χ0v) is 11.3. The minimum Gasteiger partial charge on any atom is -0.368 e. The Morgan fingerprint density at radius 2 is 1.50 bits per heavy atom. The number of carbonyl (C=O) groups is 2. The van der Waals surface area contributed by atoms with Crippen molar-refractivity contribution in [2.24, 2.45) is 0 Å². The predicted molar refractivity (Wildman–Crippen MR) is 74.0 cm³/mol. The molecular weight excluding hydrogens is 246 g/mol. The van der Waals surface area contributed by atoms with E-state index in [1.54, 1.807) is 24.3 Å². The second-order valence-corrected chi connectivity index (χ2v) is 4.52. The molecule has 0 aliphatic heterocycles. The average molecular weight is 261 g/mol. The van der Waals surface area contributed by atoms with E-state index in [0.717, 1.165) is 0 Å². The fourth-order valence-electron chi connectivity index (χ4n) is 2.18. The Labute approximate surface area is 112 Å². The molecule has 0 saturated heterocycles. The Morgan fingerprint density at radius 3 is 2.00 bits per heavy atom. The maximum Gasteiger partial charge on any atom is 0.211 e. The number of likely N-dealkylation sites (N-methyl/N-ethyl adjacent to an activating group) is 1. The molecule has 1 aromatic rings. The van der Waals surface area contributed by atoms with E-state index in [1.165, 1.54) is 0 Å². The highest BCUT2D eigenvalue weighted by Gasteiger charge is 2.32. The highest BCUT2D eigenvalue weighted by atomic mass is 32.1. The molecule has 0 heterocycles. The van der Waals surface area contributed by atoms with Crippen molar-refractivity contribution in [3.63, 3.8) is 0 Å². The van der Waals surface area contributed by atoms with E-state index in [1.807, 2.05) is 18.7 Å². The lowest BCUT2D eigenvalue weighted by atomic mass is 9.92. The van der Waals surface area contributed by atoms with Crippen LogP contribution < -0.4 is 0 Å². The highest BCUT2D eigenvalue weighted by Crippen LogP contribution is 2.29. The molecule has 1 aromatic carbocycles. The number of fused-ring (bicyclic) bond motifs is 1. The fraction of sp³-hybridized carbons (Fsp3) is 0.286. The quantitative estimate of drug-likeness (QED) is 0.850. The van der Waals surface area contributed by atoms with Crippen molar-refractivity contribution in [2.45, 2.75) is 13.8 Å². The van der Waals surface area contributed by atoms with Crippen LogP contribution in [0, 0.1) is 0 Å². The van der Waals surface area contributed by atoms with Crippen LogP contribution in [-0.4, -0.2) is 29.6 Å². The van der Waals surface area contributed by atoms with Crippen LogP contribution in [-0.2, 0) is 0 Å². The highest BCUT2D eigenvalue weighted by molar-refractivity contribution is 7.85. The molecule has 0 N–H and O–H groups in total. The number of ketones is 2. The molecule has 1 aliphatic carbocycles. The molecule has 0 fully saturated rings. The van der Waals surface area contributed by atoms with E-state index >= 15 is 0 Å². The molecule has 0 saturated carbocycles. The molecule has 0 radical (unpaired) electrons. The summed E-state index contributed by atoms with van der Waals surface area (Å²) in [5.74, 6) is -0.283. The molecule has 0 unspecified atom stereocenters. The zero-order chi connectivity index (χ0) is 13.3. The maximum absolute atomic E-state index is 12.4. The molecular formula is C14H15NO2S. The molecule has 2 rings (SSSR count). The minimum atomic E-state index is -0.171. The topological polar surface area (TPSA) is 37.4 Å². The smallest absolute Gasteiger partial charge is 0.211 e. The number of rotatable bonds is 3. The first-order valence-corrected chi connectivity index (χ1v) is 6.43. The van der Waals surface area contributed by atoms with Gasteiger partial charge in [-0.05, 0) is 13.8 Å². The number of allylic oxidation sites excluding steroid dienone is 2. The predicted octanol–water partition coefficient (Wildman–Crippen LogP) is 2.55. The summed E-state index contributed by atoms with van der Waals surface area (Å²) in [7, 11) is 0. The maximum atomic E-state index is 12.4. The van der Waals surface area contributed by atoms with E-state index in [4.69, 9.17) is 0 Å². The molecule has 18 heavy (non-hydrogen) atoms. The standard InChI is InChI=1S/C14H15NO2S/c1-3-15(4-2)11-12(16)9-7-5-6-8-10(9)13(17)14(11)18/h5-8,18H,3-4H2,1-2H3. The second-order valence-electron chi connectivity index (χ2n) is 4.07. The van der Waals surface area contributed by atoms with Crippen LogP contribution in [0.5, 0.6) is 0 Å². The van der Waals surface area contributed by atoms with Crippen LogP contribution in [0.15, 0.2) is 34.9 Å². The van der Waals surface area contributed by atoms with Crippen molar-refractivity contribution >= 4 is 24.2 Å². The Bertz CT molecular complexity index is 544. The number of hydrogen-bond acceptors (Lipinski definition) is 4. The average Bonchev–Trinajstić information content (AvgIpc) is 2.41. The number of benzene rings is 1. The molecule has 0 amide bonds. The second kappa shape index (κ2) is 4.98. The number of thiol groups is 1. The Hall–Kier alpha value is -1.55. The molecule has 0 atom stereocenters. The van der Waals surface area contributed by atoms with Crippen LogP contribution in [0.2, 0.25) is 0 Å².